The number of aryl methyl sites for hydroxylation is 1. The van der Waals surface area contributed by atoms with Crippen molar-refractivity contribution in [3.05, 3.63) is 60.2 Å². The molecule has 1 aliphatic heterocycles. The highest BCUT2D eigenvalue weighted by Gasteiger charge is 2.24. The number of nitrogens with one attached hydrogen (secondary N) is 1. The summed E-state index contributed by atoms with van der Waals surface area (Å²) < 4.78 is 18.0. The first-order chi connectivity index (χ1) is 14.2. The number of benzene rings is 2. The van der Waals surface area contributed by atoms with Gasteiger partial charge in [0, 0.05) is 11.6 Å². The normalized spacial score (nSPS) is 16.4. The summed E-state index contributed by atoms with van der Waals surface area (Å²) in [4.78, 5) is 12.7. The number of hydrogen-bond acceptors (Lipinski definition) is 5. The van der Waals surface area contributed by atoms with E-state index < -0.39 is 6.10 Å². The molecule has 29 heavy (non-hydrogen) atoms. The highest BCUT2D eigenvalue weighted by atomic mass is 16.6. The van der Waals surface area contributed by atoms with Crippen molar-refractivity contribution in [3.63, 3.8) is 0 Å². The molecular formula is C22H23N3O4. The quantitative estimate of drug-likeness (QED) is 0.721. The maximum atomic E-state index is 12.7. The van der Waals surface area contributed by atoms with E-state index in [0.717, 1.165) is 16.8 Å². The van der Waals surface area contributed by atoms with E-state index in [-0.39, 0.29) is 12.5 Å². The van der Waals surface area contributed by atoms with Gasteiger partial charge in [-0.2, -0.15) is 5.10 Å². The molecule has 7 heteroatoms. The number of carbonyl (C=O) groups is 1. The molecule has 1 aromatic heterocycles. The van der Waals surface area contributed by atoms with Crippen LogP contribution >= 0.6 is 0 Å². The molecule has 0 radical (unpaired) electrons. The smallest absolute Gasteiger partial charge is 0.257 e. The van der Waals surface area contributed by atoms with Crippen molar-refractivity contribution < 1.29 is 19.0 Å². The average Bonchev–Trinajstić information content (AvgIpc) is 3.18. The van der Waals surface area contributed by atoms with Gasteiger partial charge in [-0.15, -0.1) is 0 Å². The molecule has 0 aliphatic carbocycles. The number of nitrogens with zero attached hydrogens (tertiary/aromatic N) is 2. The first kappa shape index (κ1) is 19.2. The van der Waals surface area contributed by atoms with Crippen molar-refractivity contribution >= 4 is 11.7 Å². The average molecular weight is 393 g/mol. The van der Waals surface area contributed by atoms with Crippen molar-refractivity contribution in [2.45, 2.75) is 13.0 Å². The fourth-order valence-corrected chi connectivity index (χ4v) is 3.19. The number of aromatic nitrogens is 2. The number of anilines is 1. The maximum absolute atomic E-state index is 12.7. The Balaban J connectivity index is 1.72. The topological polar surface area (TPSA) is 74.6 Å². The van der Waals surface area contributed by atoms with Crippen LogP contribution in [0.2, 0.25) is 0 Å². The number of ether oxygens (including phenoxy) is 3. The molecule has 4 rings (SSSR count). The lowest BCUT2D eigenvalue weighted by atomic mass is 10.1. The maximum Gasteiger partial charge on any atom is 0.257 e. The van der Waals surface area contributed by atoms with Gasteiger partial charge in [0.2, 0.25) is 0 Å². The fraction of sp³-hybridized carbons (Fsp3) is 0.273. The molecule has 7 nitrogen and oxygen atoms in total. The van der Waals surface area contributed by atoms with Gasteiger partial charge in [0.25, 0.3) is 5.91 Å². The molecule has 0 unspecified atom stereocenters. The number of rotatable bonds is 5. The SMILES string of the molecule is COc1ccccc1-c1cc(NC(=O)[C@H]2COCCO2)n(-c2ccc(C)cc2)n1. The molecule has 1 aliphatic rings. The fourth-order valence-electron chi connectivity index (χ4n) is 3.19. The second-order valence-corrected chi connectivity index (χ2v) is 6.79. The summed E-state index contributed by atoms with van der Waals surface area (Å²) >= 11 is 0. The monoisotopic (exact) mass is 393 g/mol. The summed E-state index contributed by atoms with van der Waals surface area (Å²) in [6.07, 6.45) is -0.639. The lowest BCUT2D eigenvalue weighted by Gasteiger charge is -2.22. The molecular weight excluding hydrogens is 370 g/mol. The zero-order valence-electron chi connectivity index (χ0n) is 16.4. The number of hydrogen-bond donors (Lipinski definition) is 1. The van der Waals surface area contributed by atoms with Gasteiger partial charge in [-0.1, -0.05) is 29.8 Å². The molecule has 3 aromatic rings. The van der Waals surface area contributed by atoms with Crippen LogP contribution in [0.4, 0.5) is 5.82 Å². The first-order valence-corrected chi connectivity index (χ1v) is 9.46. The van der Waals surface area contributed by atoms with Crippen LogP contribution in [-0.2, 0) is 14.3 Å². The Bertz CT molecular complexity index is 992. The van der Waals surface area contributed by atoms with Crippen LogP contribution < -0.4 is 10.1 Å². The summed E-state index contributed by atoms with van der Waals surface area (Å²) in [5.74, 6) is 1.00. The third kappa shape index (κ3) is 4.16. The van der Waals surface area contributed by atoms with Crippen LogP contribution in [0.5, 0.6) is 5.75 Å². The van der Waals surface area contributed by atoms with Crippen LogP contribution in [0.3, 0.4) is 0 Å². The molecule has 2 heterocycles. The number of amides is 1. The van der Waals surface area contributed by atoms with Gasteiger partial charge in [-0.3, -0.25) is 4.79 Å². The van der Waals surface area contributed by atoms with Crippen LogP contribution in [0.15, 0.2) is 54.6 Å². The Labute approximate surface area is 169 Å². The van der Waals surface area contributed by atoms with E-state index in [1.165, 1.54) is 0 Å². The zero-order chi connectivity index (χ0) is 20.2. The highest BCUT2D eigenvalue weighted by Crippen LogP contribution is 2.31. The van der Waals surface area contributed by atoms with Gasteiger partial charge in [0.15, 0.2) is 6.10 Å². The molecule has 1 N–H and O–H groups in total. The number of carbonyl (C=O) groups excluding carboxylic acids is 1. The van der Waals surface area contributed by atoms with E-state index in [9.17, 15) is 4.79 Å². The second kappa shape index (κ2) is 8.46. The van der Waals surface area contributed by atoms with E-state index in [2.05, 4.69) is 5.32 Å². The van der Waals surface area contributed by atoms with E-state index in [0.29, 0.717) is 30.5 Å². The molecule has 1 amide bonds. The van der Waals surface area contributed by atoms with Crippen LogP contribution in [-0.4, -0.2) is 48.7 Å². The minimum absolute atomic E-state index is 0.240. The third-order valence-electron chi connectivity index (χ3n) is 4.73. The zero-order valence-corrected chi connectivity index (χ0v) is 16.4. The van der Waals surface area contributed by atoms with Gasteiger partial charge in [0.05, 0.1) is 38.3 Å². The summed E-state index contributed by atoms with van der Waals surface area (Å²) in [5, 5.41) is 7.67. The standard InChI is InChI=1S/C22H23N3O4/c1-15-7-9-16(10-8-15)25-21(23-22(26)20-14-28-11-12-29-20)13-18(24-25)17-5-3-4-6-19(17)27-2/h3-10,13,20H,11-12,14H2,1-2H3,(H,23,26)/t20-/m1/s1. The van der Waals surface area contributed by atoms with Crippen molar-refractivity contribution in [1.29, 1.82) is 0 Å². The molecule has 1 saturated heterocycles. The van der Waals surface area contributed by atoms with Crippen LogP contribution in [0, 0.1) is 6.92 Å². The van der Waals surface area contributed by atoms with E-state index in [1.54, 1.807) is 11.8 Å². The highest BCUT2D eigenvalue weighted by molar-refractivity contribution is 5.94. The molecule has 1 fully saturated rings. The molecule has 2 aromatic carbocycles. The first-order valence-electron chi connectivity index (χ1n) is 9.46. The van der Waals surface area contributed by atoms with Gasteiger partial charge >= 0.3 is 0 Å². The third-order valence-corrected chi connectivity index (χ3v) is 4.73. The number of methoxy groups -OCH3 is 1. The van der Waals surface area contributed by atoms with Crippen molar-refractivity contribution in [2.75, 3.05) is 32.2 Å². The minimum Gasteiger partial charge on any atom is -0.496 e. The summed E-state index contributed by atoms with van der Waals surface area (Å²) in [7, 11) is 1.62. The minimum atomic E-state index is -0.639. The van der Waals surface area contributed by atoms with Crippen LogP contribution in [0.25, 0.3) is 16.9 Å². The number of para-hydroxylation sites is 1. The molecule has 150 valence electrons. The lowest BCUT2D eigenvalue weighted by molar-refractivity contribution is -0.142. The second-order valence-electron chi connectivity index (χ2n) is 6.79. The van der Waals surface area contributed by atoms with Crippen molar-refractivity contribution in [3.8, 4) is 22.7 Å². The largest absolute Gasteiger partial charge is 0.496 e. The summed E-state index contributed by atoms with van der Waals surface area (Å²) in [5.41, 5.74) is 3.52. The van der Waals surface area contributed by atoms with Gasteiger partial charge in [0.1, 0.15) is 11.6 Å². The Hall–Kier alpha value is -3.16. The van der Waals surface area contributed by atoms with Gasteiger partial charge in [-0.25, -0.2) is 4.68 Å². The van der Waals surface area contributed by atoms with Crippen molar-refractivity contribution in [1.82, 2.24) is 9.78 Å². The Kier molecular flexibility index (Phi) is 5.59. The Morgan fingerprint density at radius 3 is 2.69 bits per heavy atom. The summed E-state index contributed by atoms with van der Waals surface area (Å²) in [6, 6.07) is 17.4. The van der Waals surface area contributed by atoms with E-state index >= 15 is 0 Å². The predicted octanol–water partition coefficient (Wildman–Crippen LogP) is 3.21. The van der Waals surface area contributed by atoms with E-state index in [1.807, 2.05) is 61.5 Å². The van der Waals surface area contributed by atoms with Crippen molar-refractivity contribution in [2.24, 2.45) is 0 Å². The van der Waals surface area contributed by atoms with Gasteiger partial charge < -0.3 is 19.5 Å². The molecule has 0 bridgehead atoms. The molecule has 0 saturated carbocycles. The van der Waals surface area contributed by atoms with Gasteiger partial charge in [-0.05, 0) is 31.2 Å². The predicted molar refractivity (Wildman–Crippen MR) is 109 cm³/mol. The molecule has 1 atom stereocenters. The molecule has 0 spiro atoms. The Morgan fingerprint density at radius 1 is 1.17 bits per heavy atom. The lowest BCUT2D eigenvalue weighted by Crippen LogP contribution is -2.39. The van der Waals surface area contributed by atoms with E-state index in [4.69, 9.17) is 19.3 Å². The van der Waals surface area contributed by atoms with Crippen LogP contribution in [0.1, 0.15) is 5.56 Å². The Morgan fingerprint density at radius 2 is 1.97 bits per heavy atom. The summed E-state index contributed by atoms with van der Waals surface area (Å²) in [6.45, 7) is 3.17.